The smallest absolute Gasteiger partial charge is 0.336 e. The second-order valence-corrected chi connectivity index (χ2v) is 8.34. The fourth-order valence-corrected chi connectivity index (χ4v) is 4.37. The van der Waals surface area contributed by atoms with Gasteiger partial charge in [0.15, 0.2) is 0 Å². The molecule has 29 heavy (non-hydrogen) atoms. The standard InChI is InChI=1S/C22H22N4O2S/c1-13(2)17-11-18-16(10-21(27)28-20(18)9-15(17)4)12-29-22-23-24-25-26(22)19-8-6-5-7-14(19)3/h5-11,13H,12H2,1-4H3. The minimum atomic E-state index is -0.344. The number of hydrogen-bond acceptors (Lipinski definition) is 6. The predicted octanol–water partition coefficient (Wildman–Crippen LogP) is 4.80. The van der Waals surface area contributed by atoms with Gasteiger partial charge in [0, 0.05) is 17.2 Å². The summed E-state index contributed by atoms with van der Waals surface area (Å²) in [5.74, 6) is 0.953. The molecule has 0 aliphatic rings. The maximum atomic E-state index is 12.1. The number of benzene rings is 2. The molecule has 4 rings (SSSR count). The molecule has 2 aromatic heterocycles. The lowest BCUT2D eigenvalue weighted by atomic mass is 9.95. The highest BCUT2D eigenvalue weighted by Crippen LogP contribution is 2.30. The lowest BCUT2D eigenvalue weighted by Gasteiger charge is -2.13. The van der Waals surface area contributed by atoms with E-state index in [1.165, 1.54) is 17.3 Å². The predicted molar refractivity (Wildman–Crippen MR) is 115 cm³/mol. The van der Waals surface area contributed by atoms with Crippen molar-refractivity contribution in [2.24, 2.45) is 0 Å². The maximum absolute atomic E-state index is 12.1. The minimum Gasteiger partial charge on any atom is -0.423 e. The average Bonchev–Trinajstić information content (AvgIpc) is 3.13. The van der Waals surface area contributed by atoms with Crippen molar-refractivity contribution in [2.75, 3.05) is 0 Å². The Morgan fingerprint density at radius 1 is 1.10 bits per heavy atom. The van der Waals surface area contributed by atoms with Gasteiger partial charge in [0.05, 0.1) is 5.69 Å². The Morgan fingerprint density at radius 2 is 1.90 bits per heavy atom. The summed E-state index contributed by atoms with van der Waals surface area (Å²) in [6.07, 6.45) is 0. The van der Waals surface area contributed by atoms with Crippen LogP contribution in [0.25, 0.3) is 16.7 Å². The molecule has 0 N–H and O–H groups in total. The molecule has 0 bridgehead atoms. The third-order valence-corrected chi connectivity index (χ3v) is 5.95. The highest BCUT2D eigenvalue weighted by Gasteiger charge is 2.15. The molecule has 2 aromatic carbocycles. The van der Waals surface area contributed by atoms with Gasteiger partial charge in [-0.2, -0.15) is 4.68 Å². The SMILES string of the molecule is Cc1cc2oc(=O)cc(CSc3nnnn3-c3ccccc3C)c2cc1C(C)C. The van der Waals surface area contributed by atoms with Gasteiger partial charge in [0.25, 0.3) is 0 Å². The summed E-state index contributed by atoms with van der Waals surface area (Å²) in [6, 6.07) is 13.6. The third-order valence-electron chi connectivity index (χ3n) is 4.98. The molecular weight excluding hydrogens is 384 g/mol. The van der Waals surface area contributed by atoms with E-state index in [-0.39, 0.29) is 5.63 Å². The van der Waals surface area contributed by atoms with E-state index in [0.717, 1.165) is 27.8 Å². The Kier molecular flexibility index (Phi) is 5.24. The number of rotatable bonds is 5. The molecule has 0 aliphatic carbocycles. The van der Waals surface area contributed by atoms with Gasteiger partial charge in [0.2, 0.25) is 5.16 Å². The summed E-state index contributed by atoms with van der Waals surface area (Å²) < 4.78 is 7.19. The second kappa shape index (κ2) is 7.83. The monoisotopic (exact) mass is 406 g/mol. The van der Waals surface area contributed by atoms with Gasteiger partial charge in [-0.15, -0.1) is 5.10 Å². The van der Waals surface area contributed by atoms with Crippen molar-refractivity contribution in [3.63, 3.8) is 0 Å². The number of nitrogens with zero attached hydrogens (tertiary/aromatic N) is 4. The highest BCUT2D eigenvalue weighted by molar-refractivity contribution is 7.98. The van der Waals surface area contributed by atoms with Crippen LogP contribution in [0, 0.1) is 13.8 Å². The van der Waals surface area contributed by atoms with Crippen LogP contribution in [0.3, 0.4) is 0 Å². The lowest BCUT2D eigenvalue weighted by Crippen LogP contribution is -2.03. The minimum absolute atomic E-state index is 0.344. The van der Waals surface area contributed by atoms with Crippen molar-refractivity contribution < 1.29 is 4.42 Å². The quantitative estimate of drug-likeness (QED) is 0.350. The fourth-order valence-electron chi connectivity index (χ4n) is 3.50. The van der Waals surface area contributed by atoms with Crippen LogP contribution in [0.2, 0.25) is 0 Å². The van der Waals surface area contributed by atoms with E-state index < -0.39 is 0 Å². The number of aryl methyl sites for hydroxylation is 2. The summed E-state index contributed by atoms with van der Waals surface area (Å²) in [7, 11) is 0. The van der Waals surface area contributed by atoms with Crippen LogP contribution >= 0.6 is 11.8 Å². The molecule has 2 heterocycles. The van der Waals surface area contributed by atoms with Crippen LogP contribution in [-0.2, 0) is 5.75 Å². The molecule has 0 saturated heterocycles. The van der Waals surface area contributed by atoms with Crippen LogP contribution in [0.15, 0.2) is 56.8 Å². The first-order chi connectivity index (χ1) is 13.9. The van der Waals surface area contributed by atoms with Gasteiger partial charge in [0.1, 0.15) is 5.58 Å². The topological polar surface area (TPSA) is 73.8 Å². The Morgan fingerprint density at radius 3 is 2.66 bits per heavy atom. The van der Waals surface area contributed by atoms with E-state index in [1.807, 2.05) is 44.2 Å². The molecule has 0 fully saturated rings. The molecule has 148 valence electrons. The first kappa shape index (κ1) is 19.4. The number of fused-ring (bicyclic) bond motifs is 1. The molecular formula is C22H22N4O2S. The Labute approximate surface area is 172 Å². The molecule has 0 radical (unpaired) electrons. The Bertz CT molecular complexity index is 1240. The zero-order valence-corrected chi connectivity index (χ0v) is 17.7. The van der Waals surface area contributed by atoms with E-state index in [9.17, 15) is 4.79 Å². The van der Waals surface area contributed by atoms with E-state index in [4.69, 9.17) is 4.42 Å². The summed E-state index contributed by atoms with van der Waals surface area (Å²) in [5, 5.41) is 13.8. The summed E-state index contributed by atoms with van der Waals surface area (Å²) in [4.78, 5) is 12.1. The van der Waals surface area contributed by atoms with E-state index in [2.05, 4.69) is 35.4 Å². The van der Waals surface area contributed by atoms with Gasteiger partial charge < -0.3 is 4.42 Å². The first-order valence-corrected chi connectivity index (χ1v) is 10.5. The van der Waals surface area contributed by atoms with Crippen molar-refractivity contribution >= 4 is 22.7 Å². The van der Waals surface area contributed by atoms with Crippen molar-refractivity contribution in [3.05, 3.63) is 75.1 Å². The molecule has 6 nitrogen and oxygen atoms in total. The second-order valence-electron chi connectivity index (χ2n) is 7.40. The highest BCUT2D eigenvalue weighted by atomic mass is 32.2. The van der Waals surface area contributed by atoms with Crippen LogP contribution in [0.1, 0.15) is 42.0 Å². The number of aromatic nitrogens is 4. The van der Waals surface area contributed by atoms with Crippen LogP contribution in [-0.4, -0.2) is 20.2 Å². The maximum Gasteiger partial charge on any atom is 0.336 e. The number of hydrogen-bond donors (Lipinski definition) is 0. The summed E-state index contributed by atoms with van der Waals surface area (Å²) in [6.45, 7) is 8.40. The molecule has 0 spiro atoms. The van der Waals surface area contributed by atoms with Crippen LogP contribution < -0.4 is 5.63 Å². The van der Waals surface area contributed by atoms with Gasteiger partial charge in [-0.1, -0.05) is 43.8 Å². The zero-order valence-electron chi connectivity index (χ0n) is 16.8. The lowest BCUT2D eigenvalue weighted by molar-refractivity contribution is 0.559. The van der Waals surface area contributed by atoms with Crippen molar-refractivity contribution in [1.29, 1.82) is 0 Å². The van der Waals surface area contributed by atoms with Crippen LogP contribution in [0.4, 0.5) is 0 Å². The van der Waals surface area contributed by atoms with Gasteiger partial charge in [-0.25, -0.2) is 4.79 Å². The van der Waals surface area contributed by atoms with Crippen molar-refractivity contribution in [2.45, 2.75) is 44.5 Å². The Balaban J connectivity index is 1.71. The van der Waals surface area contributed by atoms with Gasteiger partial charge >= 0.3 is 5.63 Å². The molecule has 4 aromatic rings. The number of para-hydroxylation sites is 1. The van der Waals surface area contributed by atoms with Crippen molar-refractivity contribution in [1.82, 2.24) is 20.2 Å². The van der Waals surface area contributed by atoms with E-state index >= 15 is 0 Å². The number of thioether (sulfide) groups is 1. The van der Waals surface area contributed by atoms with Crippen molar-refractivity contribution in [3.8, 4) is 5.69 Å². The molecule has 0 saturated carbocycles. The molecule has 0 aliphatic heterocycles. The average molecular weight is 407 g/mol. The largest absolute Gasteiger partial charge is 0.423 e. The fraction of sp³-hybridized carbons (Fsp3) is 0.273. The van der Waals surface area contributed by atoms with Crippen LogP contribution in [0.5, 0.6) is 0 Å². The van der Waals surface area contributed by atoms with Gasteiger partial charge in [-0.05, 0) is 70.6 Å². The Hall–Kier alpha value is -2.93. The molecule has 7 heteroatoms. The van der Waals surface area contributed by atoms with E-state index in [0.29, 0.717) is 22.4 Å². The molecule has 0 atom stereocenters. The number of tetrazole rings is 1. The zero-order chi connectivity index (χ0) is 20.5. The first-order valence-electron chi connectivity index (χ1n) is 9.48. The van der Waals surface area contributed by atoms with E-state index in [1.54, 1.807) is 10.7 Å². The third kappa shape index (κ3) is 3.82. The summed E-state index contributed by atoms with van der Waals surface area (Å²) in [5.41, 5.74) is 5.60. The normalized spacial score (nSPS) is 11.5. The van der Waals surface area contributed by atoms with Gasteiger partial charge in [-0.3, -0.25) is 0 Å². The molecule has 0 amide bonds. The summed E-state index contributed by atoms with van der Waals surface area (Å²) >= 11 is 1.50. The molecule has 0 unspecified atom stereocenters.